The monoisotopic (exact) mass is 519 g/mol. The summed E-state index contributed by atoms with van der Waals surface area (Å²) in [5.41, 5.74) is 2.58. The Kier molecular flexibility index (Phi) is 7.80. The summed E-state index contributed by atoms with van der Waals surface area (Å²) in [6.07, 6.45) is -1.45. The Labute approximate surface area is 210 Å². The third-order valence-corrected chi connectivity index (χ3v) is 6.08. The number of carboxylic acid groups (broad SMARTS) is 1. The van der Waals surface area contributed by atoms with E-state index >= 15 is 0 Å². The Balaban J connectivity index is 1.32. The lowest BCUT2D eigenvalue weighted by atomic mass is 9.98. The quantitative estimate of drug-likeness (QED) is 0.276. The van der Waals surface area contributed by atoms with Gasteiger partial charge in [0.2, 0.25) is 0 Å². The molecule has 0 saturated heterocycles. The Hall–Kier alpha value is -3.89. The molecule has 0 bridgehead atoms. The first-order valence-corrected chi connectivity index (χ1v) is 11.7. The summed E-state index contributed by atoms with van der Waals surface area (Å²) in [5, 5.41) is 9.06. The van der Waals surface area contributed by atoms with Crippen LogP contribution in [-0.2, 0) is 11.2 Å². The van der Waals surface area contributed by atoms with Crippen molar-refractivity contribution >= 4 is 11.8 Å². The fourth-order valence-corrected chi connectivity index (χ4v) is 4.36. The van der Waals surface area contributed by atoms with Gasteiger partial charge in [-0.15, -0.1) is 13.2 Å². The average Bonchev–Trinajstić information content (AvgIpc) is 3.23. The fourth-order valence-electron chi connectivity index (χ4n) is 4.36. The number of anilines is 1. The van der Waals surface area contributed by atoms with Gasteiger partial charge in [0.1, 0.15) is 11.5 Å². The highest BCUT2D eigenvalue weighted by Gasteiger charge is 2.31. The zero-order chi connectivity index (χ0) is 26.6. The van der Waals surface area contributed by atoms with E-state index in [2.05, 4.69) is 14.7 Å². The van der Waals surface area contributed by atoms with Crippen LogP contribution in [0.1, 0.15) is 36.3 Å². The molecule has 1 aromatic heterocycles. The van der Waals surface area contributed by atoms with Crippen molar-refractivity contribution in [3.8, 4) is 22.9 Å². The van der Waals surface area contributed by atoms with E-state index in [-0.39, 0.29) is 29.7 Å². The number of rotatable bonds is 10. The van der Waals surface area contributed by atoms with Crippen LogP contribution in [0, 0.1) is 5.82 Å². The molecule has 0 saturated carbocycles. The van der Waals surface area contributed by atoms with Crippen LogP contribution in [-0.4, -0.2) is 47.6 Å². The maximum Gasteiger partial charge on any atom is 0.573 e. The number of fused-ring (bicyclic) bond motifs is 1. The van der Waals surface area contributed by atoms with Gasteiger partial charge in [-0.3, -0.25) is 4.79 Å². The normalized spacial score (nSPS) is 14.8. The van der Waals surface area contributed by atoms with Crippen LogP contribution in [0.3, 0.4) is 0 Å². The van der Waals surface area contributed by atoms with Crippen molar-refractivity contribution in [3.05, 3.63) is 65.6 Å². The predicted octanol–water partition coefficient (Wildman–Crippen LogP) is 5.59. The van der Waals surface area contributed by atoms with Crippen molar-refractivity contribution in [2.24, 2.45) is 0 Å². The molecule has 0 fully saturated rings. The smallest absolute Gasteiger partial charge is 0.494 e. The second-order valence-electron chi connectivity index (χ2n) is 8.75. The first kappa shape index (κ1) is 26.2. The van der Waals surface area contributed by atoms with Crippen LogP contribution in [0.15, 0.2) is 48.7 Å². The number of nitrogens with zero attached hydrogens (tertiary/aromatic N) is 3. The molecule has 0 aliphatic heterocycles. The molecule has 1 N–H and O–H groups in total. The fraction of sp³-hybridized carbons (Fsp3) is 0.346. The summed E-state index contributed by atoms with van der Waals surface area (Å²) in [5.74, 6) is -0.847. The number of carboxylic acids is 1. The minimum atomic E-state index is -4.79. The van der Waals surface area contributed by atoms with Crippen molar-refractivity contribution in [1.29, 1.82) is 0 Å². The number of hydrogen-bond acceptors (Lipinski definition) is 6. The number of hydrogen-bond donors (Lipinski definition) is 1. The molecule has 196 valence electrons. The lowest BCUT2D eigenvalue weighted by molar-refractivity contribution is -0.274. The van der Waals surface area contributed by atoms with Crippen molar-refractivity contribution < 1.29 is 36.9 Å². The SMILES string of the molecule is CN(CCCOc1ccc2c(c1)CC[C@H]2CC(=O)O)c1nc(-c2ccc(OC(F)(F)F)cc2)ncc1F. The van der Waals surface area contributed by atoms with E-state index < -0.39 is 18.1 Å². The number of alkyl halides is 3. The average molecular weight is 519 g/mol. The summed E-state index contributed by atoms with van der Waals surface area (Å²) in [6, 6.07) is 10.7. The van der Waals surface area contributed by atoms with Crippen LogP contribution < -0.4 is 14.4 Å². The molecule has 1 aliphatic carbocycles. The Morgan fingerprint density at radius 2 is 1.89 bits per heavy atom. The molecule has 0 radical (unpaired) electrons. The van der Waals surface area contributed by atoms with Gasteiger partial charge in [0.25, 0.3) is 0 Å². The number of halogens is 4. The summed E-state index contributed by atoms with van der Waals surface area (Å²) in [4.78, 5) is 20.8. The predicted molar refractivity (Wildman–Crippen MR) is 127 cm³/mol. The van der Waals surface area contributed by atoms with Gasteiger partial charge in [-0.2, -0.15) is 0 Å². The van der Waals surface area contributed by atoms with Gasteiger partial charge in [0, 0.05) is 19.2 Å². The third-order valence-electron chi connectivity index (χ3n) is 6.08. The van der Waals surface area contributed by atoms with Crippen molar-refractivity contribution in [3.63, 3.8) is 0 Å². The zero-order valence-corrected chi connectivity index (χ0v) is 20.0. The minimum absolute atomic E-state index is 0.0361. The van der Waals surface area contributed by atoms with Gasteiger partial charge in [-0.1, -0.05) is 6.07 Å². The van der Waals surface area contributed by atoms with Crippen LogP contribution in [0.5, 0.6) is 11.5 Å². The minimum Gasteiger partial charge on any atom is -0.494 e. The molecule has 3 aromatic rings. The third kappa shape index (κ3) is 6.87. The first-order valence-electron chi connectivity index (χ1n) is 11.7. The molecule has 0 unspecified atom stereocenters. The van der Waals surface area contributed by atoms with Gasteiger partial charge in [-0.05, 0) is 72.7 Å². The van der Waals surface area contributed by atoms with Gasteiger partial charge >= 0.3 is 12.3 Å². The van der Waals surface area contributed by atoms with E-state index in [0.717, 1.165) is 42.3 Å². The second kappa shape index (κ2) is 11.0. The van der Waals surface area contributed by atoms with Crippen LogP contribution >= 0.6 is 0 Å². The number of aryl methyl sites for hydroxylation is 1. The maximum absolute atomic E-state index is 14.4. The summed E-state index contributed by atoms with van der Waals surface area (Å²) >= 11 is 0. The van der Waals surface area contributed by atoms with Crippen molar-refractivity contribution in [2.75, 3.05) is 25.1 Å². The largest absolute Gasteiger partial charge is 0.573 e. The molecule has 0 amide bonds. The molecule has 1 heterocycles. The molecule has 11 heteroatoms. The highest BCUT2D eigenvalue weighted by atomic mass is 19.4. The van der Waals surface area contributed by atoms with E-state index in [0.29, 0.717) is 30.9 Å². The standard InChI is InChI=1S/C26H25F4N3O4/c1-33(11-2-12-36-20-9-10-21-17(13-20)3-4-18(21)14-23(34)35)25-22(27)15-31-24(32-25)16-5-7-19(8-6-16)37-26(28,29)30/h5-10,13,15,18H,2-4,11-12,14H2,1H3,(H,34,35)/t18-/m0/s1. The molecular weight excluding hydrogens is 494 g/mol. The molecule has 1 aliphatic rings. The number of aliphatic carboxylic acids is 1. The zero-order valence-electron chi connectivity index (χ0n) is 20.0. The van der Waals surface area contributed by atoms with Crippen LogP contribution in [0.2, 0.25) is 0 Å². The van der Waals surface area contributed by atoms with E-state index in [4.69, 9.17) is 9.84 Å². The van der Waals surface area contributed by atoms with E-state index in [1.54, 1.807) is 11.9 Å². The highest BCUT2D eigenvalue weighted by molar-refractivity contribution is 5.68. The van der Waals surface area contributed by atoms with Gasteiger partial charge in [0.05, 0.1) is 19.2 Å². The summed E-state index contributed by atoms with van der Waals surface area (Å²) in [6.45, 7) is 0.805. The molecule has 2 aromatic carbocycles. The highest BCUT2D eigenvalue weighted by Crippen LogP contribution is 2.37. The molecular formula is C26H25F4N3O4. The van der Waals surface area contributed by atoms with Crippen LogP contribution in [0.4, 0.5) is 23.4 Å². The Bertz CT molecular complexity index is 1250. The van der Waals surface area contributed by atoms with E-state index in [9.17, 15) is 22.4 Å². The molecule has 0 spiro atoms. The van der Waals surface area contributed by atoms with Gasteiger partial charge in [-0.25, -0.2) is 14.4 Å². The second-order valence-corrected chi connectivity index (χ2v) is 8.75. The number of aromatic nitrogens is 2. The van der Waals surface area contributed by atoms with Crippen molar-refractivity contribution in [2.45, 2.75) is 38.0 Å². The lowest BCUT2D eigenvalue weighted by Crippen LogP contribution is -2.23. The maximum atomic E-state index is 14.4. The molecule has 4 rings (SSSR count). The lowest BCUT2D eigenvalue weighted by Gasteiger charge is -2.19. The van der Waals surface area contributed by atoms with Crippen molar-refractivity contribution in [1.82, 2.24) is 9.97 Å². The first-order chi connectivity index (χ1) is 17.6. The molecule has 1 atom stereocenters. The topological polar surface area (TPSA) is 84.8 Å². The molecule has 37 heavy (non-hydrogen) atoms. The number of benzene rings is 2. The summed E-state index contributed by atoms with van der Waals surface area (Å²) in [7, 11) is 1.67. The van der Waals surface area contributed by atoms with E-state index in [1.807, 2.05) is 18.2 Å². The summed E-state index contributed by atoms with van der Waals surface area (Å²) < 4.78 is 61.2. The van der Waals surface area contributed by atoms with Gasteiger partial charge < -0.3 is 19.5 Å². The Morgan fingerprint density at radius 1 is 1.16 bits per heavy atom. The van der Waals surface area contributed by atoms with Crippen LogP contribution in [0.25, 0.3) is 11.4 Å². The molecule has 7 nitrogen and oxygen atoms in total. The number of carbonyl (C=O) groups is 1. The number of ether oxygens (including phenoxy) is 2. The van der Waals surface area contributed by atoms with E-state index in [1.165, 1.54) is 12.1 Å². The van der Waals surface area contributed by atoms with Gasteiger partial charge in [0.15, 0.2) is 17.5 Å². The Morgan fingerprint density at radius 3 is 2.59 bits per heavy atom.